The van der Waals surface area contributed by atoms with Crippen molar-refractivity contribution in [3.05, 3.63) is 30.3 Å². The van der Waals surface area contributed by atoms with Crippen LogP contribution in [-0.4, -0.2) is 22.5 Å². The predicted octanol–water partition coefficient (Wildman–Crippen LogP) is 1.83. The Morgan fingerprint density at radius 3 is 2.50 bits per heavy atom. The third-order valence-corrected chi connectivity index (χ3v) is 2.82. The number of benzene rings is 1. The third-order valence-electron chi connectivity index (χ3n) is 2.30. The maximum absolute atomic E-state index is 11.9. The average molecular weight is 237 g/mol. The van der Waals surface area contributed by atoms with Crippen molar-refractivity contribution in [2.75, 3.05) is 4.90 Å². The lowest BCUT2D eigenvalue weighted by Crippen LogP contribution is -2.61. The second kappa shape index (κ2) is 4.05. The minimum Gasteiger partial charge on any atom is -0.316 e. The van der Waals surface area contributed by atoms with Crippen molar-refractivity contribution < 1.29 is 9.59 Å². The molecule has 1 unspecified atom stereocenters. The number of thiol groups is 1. The highest BCUT2D eigenvalue weighted by atomic mass is 32.1. The van der Waals surface area contributed by atoms with Crippen LogP contribution in [0.5, 0.6) is 0 Å². The molecule has 84 valence electrons. The highest BCUT2D eigenvalue weighted by Crippen LogP contribution is 2.20. The van der Waals surface area contributed by atoms with E-state index in [9.17, 15) is 9.59 Å². The van der Waals surface area contributed by atoms with E-state index in [0.717, 1.165) is 4.90 Å². The lowest BCUT2D eigenvalue weighted by molar-refractivity contribution is 0.199. The molecule has 1 aromatic rings. The number of hydrogen-bond acceptors (Lipinski definition) is 3. The summed E-state index contributed by atoms with van der Waals surface area (Å²) in [6.45, 7) is 1.69. The molecule has 1 heterocycles. The van der Waals surface area contributed by atoms with E-state index in [0.29, 0.717) is 5.69 Å². The first-order chi connectivity index (χ1) is 7.61. The predicted molar refractivity (Wildman–Crippen MR) is 63.1 cm³/mol. The van der Waals surface area contributed by atoms with E-state index in [1.54, 1.807) is 31.2 Å². The Hall–Kier alpha value is -1.69. The van der Waals surface area contributed by atoms with Crippen molar-refractivity contribution in [3.8, 4) is 0 Å². The van der Waals surface area contributed by atoms with Crippen LogP contribution >= 0.6 is 12.8 Å². The smallest absolute Gasteiger partial charge is 0.316 e. The molecule has 6 heteroatoms. The Bertz CT molecular complexity index is 423. The number of amides is 4. The zero-order valence-corrected chi connectivity index (χ0v) is 9.52. The zero-order valence-electron chi connectivity index (χ0n) is 8.62. The summed E-state index contributed by atoms with van der Waals surface area (Å²) in [4.78, 5) is 24.6. The minimum atomic E-state index is -0.453. The quantitative estimate of drug-likeness (QED) is 0.732. The van der Waals surface area contributed by atoms with Gasteiger partial charge in [0.1, 0.15) is 6.17 Å². The number of nitrogens with one attached hydrogen (secondary N) is 1. The molecule has 2 rings (SSSR count). The van der Waals surface area contributed by atoms with Crippen LogP contribution in [0.2, 0.25) is 0 Å². The number of urea groups is 2. The molecule has 0 spiro atoms. The molecule has 0 bridgehead atoms. The fourth-order valence-electron chi connectivity index (χ4n) is 1.46. The van der Waals surface area contributed by atoms with Crippen LogP contribution in [0.15, 0.2) is 30.3 Å². The number of carbonyl (C=O) groups excluding carboxylic acids is 2. The first kappa shape index (κ1) is 10.8. The Morgan fingerprint density at radius 2 is 1.88 bits per heavy atom. The van der Waals surface area contributed by atoms with Crippen molar-refractivity contribution >= 4 is 30.6 Å². The molecule has 4 amide bonds. The van der Waals surface area contributed by atoms with Gasteiger partial charge in [0, 0.05) is 0 Å². The van der Waals surface area contributed by atoms with Gasteiger partial charge in [-0.1, -0.05) is 31.0 Å². The van der Waals surface area contributed by atoms with Gasteiger partial charge in [-0.25, -0.2) is 18.8 Å². The van der Waals surface area contributed by atoms with Crippen LogP contribution in [0.25, 0.3) is 0 Å². The SMILES string of the molecule is CC1NC(=O)N(c2ccccc2)C(=O)N1S. The Morgan fingerprint density at radius 1 is 1.25 bits per heavy atom. The third kappa shape index (κ3) is 1.71. The molecule has 1 aromatic carbocycles. The summed E-state index contributed by atoms with van der Waals surface area (Å²) in [6, 6.07) is 7.83. The van der Waals surface area contributed by atoms with E-state index in [1.807, 2.05) is 6.07 Å². The molecule has 0 radical (unpaired) electrons. The van der Waals surface area contributed by atoms with Gasteiger partial charge in [0.05, 0.1) is 5.69 Å². The van der Waals surface area contributed by atoms with Crippen LogP contribution in [0.3, 0.4) is 0 Å². The van der Waals surface area contributed by atoms with Crippen LogP contribution in [0.1, 0.15) is 6.92 Å². The van der Waals surface area contributed by atoms with E-state index in [1.165, 1.54) is 4.31 Å². The van der Waals surface area contributed by atoms with Gasteiger partial charge in [-0.2, -0.15) is 0 Å². The lowest BCUT2D eigenvalue weighted by atomic mass is 10.3. The summed E-state index contributed by atoms with van der Waals surface area (Å²) in [5.74, 6) is 0. The van der Waals surface area contributed by atoms with E-state index >= 15 is 0 Å². The van der Waals surface area contributed by atoms with Gasteiger partial charge in [0.15, 0.2) is 0 Å². The summed E-state index contributed by atoms with van der Waals surface area (Å²) in [5.41, 5.74) is 0.524. The first-order valence-corrected chi connectivity index (χ1v) is 5.19. The van der Waals surface area contributed by atoms with Gasteiger partial charge in [0.25, 0.3) is 0 Å². The lowest BCUT2D eigenvalue weighted by Gasteiger charge is -2.35. The molecule has 1 atom stereocenters. The van der Waals surface area contributed by atoms with Crippen LogP contribution in [0.4, 0.5) is 15.3 Å². The van der Waals surface area contributed by atoms with Crippen LogP contribution in [-0.2, 0) is 0 Å². The van der Waals surface area contributed by atoms with Crippen molar-refractivity contribution in [2.24, 2.45) is 0 Å². The second-order valence-corrected chi connectivity index (χ2v) is 3.85. The van der Waals surface area contributed by atoms with Crippen molar-refractivity contribution in [1.29, 1.82) is 0 Å². The zero-order chi connectivity index (χ0) is 11.7. The summed E-state index contributed by atoms with van der Waals surface area (Å²) in [6.07, 6.45) is -0.414. The molecular weight excluding hydrogens is 226 g/mol. The maximum Gasteiger partial charge on any atom is 0.344 e. The average Bonchev–Trinajstić information content (AvgIpc) is 2.28. The molecule has 1 aliphatic rings. The van der Waals surface area contributed by atoms with Gasteiger partial charge in [-0.05, 0) is 19.1 Å². The van der Waals surface area contributed by atoms with Crippen molar-refractivity contribution in [2.45, 2.75) is 13.1 Å². The first-order valence-electron chi connectivity index (χ1n) is 4.79. The number of imide groups is 1. The molecule has 1 aliphatic heterocycles. The van der Waals surface area contributed by atoms with Gasteiger partial charge < -0.3 is 5.32 Å². The minimum absolute atomic E-state index is 0.414. The standard InChI is InChI=1S/C10H11N3O2S/c1-7-11-9(14)12(10(15)13(7)16)8-5-3-2-4-6-8/h2-7,16H,1H3,(H,11,14). The van der Waals surface area contributed by atoms with Crippen LogP contribution < -0.4 is 10.2 Å². The topological polar surface area (TPSA) is 52.7 Å². The Balaban J connectivity index is 2.34. The molecule has 0 aliphatic carbocycles. The number of rotatable bonds is 1. The van der Waals surface area contributed by atoms with Gasteiger partial charge >= 0.3 is 12.1 Å². The van der Waals surface area contributed by atoms with E-state index < -0.39 is 18.2 Å². The van der Waals surface area contributed by atoms with Crippen LogP contribution in [0, 0.1) is 0 Å². The highest BCUT2D eigenvalue weighted by molar-refractivity contribution is 7.78. The summed E-state index contributed by atoms with van der Waals surface area (Å²) in [5, 5.41) is 2.62. The molecule has 0 aromatic heterocycles. The number of hydrogen-bond donors (Lipinski definition) is 2. The van der Waals surface area contributed by atoms with E-state index in [4.69, 9.17) is 0 Å². The molecular formula is C10H11N3O2S. The monoisotopic (exact) mass is 237 g/mol. The van der Waals surface area contributed by atoms with Gasteiger partial charge in [-0.3, -0.25) is 0 Å². The second-order valence-electron chi connectivity index (χ2n) is 3.42. The van der Waals surface area contributed by atoms with Crippen molar-refractivity contribution in [3.63, 3.8) is 0 Å². The molecule has 1 N–H and O–H groups in total. The van der Waals surface area contributed by atoms with E-state index in [2.05, 4.69) is 18.1 Å². The fraction of sp³-hybridized carbons (Fsp3) is 0.200. The summed E-state index contributed by atoms with van der Waals surface area (Å²) >= 11 is 4.03. The number of para-hydroxylation sites is 1. The Labute approximate surface area is 98.6 Å². The molecule has 1 saturated heterocycles. The molecule has 16 heavy (non-hydrogen) atoms. The molecule has 5 nitrogen and oxygen atoms in total. The van der Waals surface area contributed by atoms with Gasteiger partial charge in [-0.15, -0.1) is 0 Å². The van der Waals surface area contributed by atoms with E-state index in [-0.39, 0.29) is 0 Å². The van der Waals surface area contributed by atoms with Gasteiger partial charge in [0.2, 0.25) is 0 Å². The molecule has 1 fully saturated rings. The summed E-state index contributed by atoms with van der Waals surface area (Å²) < 4.78 is 1.17. The highest BCUT2D eigenvalue weighted by Gasteiger charge is 2.35. The largest absolute Gasteiger partial charge is 0.344 e. The Kier molecular flexibility index (Phi) is 2.74. The maximum atomic E-state index is 11.9. The number of carbonyl (C=O) groups is 2. The molecule has 0 saturated carbocycles. The normalized spacial score (nSPS) is 21.0. The van der Waals surface area contributed by atoms with Crippen molar-refractivity contribution in [1.82, 2.24) is 9.62 Å². The number of anilines is 1. The fourth-order valence-corrected chi connectivity index (χ4v) is 1.61. The summed E-state index contributed by atoms with van der Waals surface area (Å²) in [7, 11) is 0. The number of nitrogens with zero attached hydrogens (tertiary/aromatic N) is 2.